The molecule has 1 aromatic carbocycles. The Balaban J connectivity index is 2.55. The maximum atomic E-state index is 10.9. The summed E-state index contributed by atoms with van der Waals surface area (Å²) in [6.07, 6.45) is 1.26. The van der Waals surface area contributed by atoms with Crippen LogP contribution >= 0.6 is 0 Å². The first-order valence-electron chi connectivity index (χ1n) is 4.24. The second-order valence-electron chi connectivity index (χ2n) is 3.02. The van der Waals surface area contributed by atoms with Crippen molar-refractivity contribution in [2.45, 2.75) is 6.92 Å². The summed E-state index contributed by atoms with van der Waals surface area (Å²) in [5, 5.41) is 0. The SMILES string of the molecule is Cc1cccc(-c2ncnc(=O)[nH]2)c1. The van der Waals surface area contributed by atoms with Crippen LogP contribution in [0.4, 0.5) is 0 Å². The predicted molar refractivity (Wildman–Crippen MR) is 52.8 cm³/mol. The summed E-state index contributed by atoms with van der Waals surface area (Å²) in [5.74, 6) is 0.550. The molecule has 1 aromatic heterocycles. The first-order valence-corrected chi connectivity index (χ1v) is 4.24. The van der Waals surface area contributed by atoms with Gasteiger partial charge in [-0.1, -0.05) is 23.8 Å². The lowest BCUT2D eigenvalue weighted by atomic mass is 10.1. The first kappa shape index (κ1) is 8.62. The molecular weight excluding hydrogens is 178 g/mol. The highest BCUT2D eigenvalue weighted by Crippen LogP contribution is 2.13. The average molecular weight is 187 g/mol. The molecular formula is C10H9N3O. The van der Waals surface area contributed by atoms with Gasteiger partial charge in [0.05, 0.1) is 0 Å². The third-order valence-corrected chi connectivity index (χ3v) is 1.88. The van der Waals surface area contributed by atoms with Crippen LogP contribution in [0.2, 0.25) is 0 Å². The Morgan fingerprint density at radius 2 is 2.14 bits per heavy atom. The highest BCUT2D eigenvalue weighted by atomic mass is 16.1. The standard InChI is InChI=1S/C10H9N3O/c1-7-3-2-4-8(5-7)9-11-6-12-10(14)13-9/h2-6H,1H3,(H,11,12,13,14). The Kier molecular flexibility index (Phi) is 2.10. The van der Waals surface area contributed by atoms with E-state index in [0.29, 0.717) is 5.82 Å². The Morgan fingerprint density at radius 3 is 2.86 bits per heavy atom. The quantitative estimate of drug-likeness (QED) is 0.728. The van der Waals surface area contributed by atoms with Crippen LogP contribution < -0.4 is 5.69 Å². The van der Waals surface area contributed by atoms with E-state index in [0.717, 1.165) is 11.1 Å². The molecule has 0 aliphatic rings. The third-order valence-electron chi connectivity index (χ3n) is 1.88. The van der Waals surface area contributed by atoms with Gasteiger partial charge in [0.2, 0.25) is 0 Å². The predicted octanol–water partition coefficient (Wildman–Crippen LogP) is 1.14. The summed E-state index contributed by atoms with van der Waals surface area (Å²) in [5.41, 5.74) is 1.64. The van der Waals surface area contributed by atoms with Crippen molar-refractivity contribution in [1.29, 1.82) is 0 Å². The lowest BCUT2D eigenvalue weighted by molar-refractivity contribution is 0.994. The van der Waals surface area contributed by atoms with Crippen molar-refractivity contribution >= 4 is 0 Å². The molecule has 70 valence electrons. The minimum atomic E-state index is -0.378. The number of nitrogens with one attached hydrogen (secondary N) is 1. The Morgan fingerprint density at radius 1 is 1.29 bits per heavy atom. The van der Waals surface area contributed by atoms with E-state index in [2.05, 4.69) is 15.0 Å². The molecule has 0 amide bonds. The molecule has 4 heteroatoms. The van der Waals surface area contributed by atoms with Crippen molar-refractivity contribution in [2.24, 2.45) is 0 Å². The molecule has 0 saturated carbocycles. The molecule has 2 rings (SSSR count). The minimum absolute atomic E-state index is 0.378. The van der Waals surface area contributed by atoms with Crippen LogP contribution in [0.5, 0.6) is 0 Å². The minimum Gasteiger partial charge on any atom is -0.290 e. The average Bonchev–Trinajstić information content (AvgIpc) is 2.18. The number of hydrogen-bond acceptors (Lipinski definition) is 3. The van der Waals surface area contributed by atoms with E-state index in [1.807, 2.05) is 31.2 Å². The second-order valence-corrected chi connectivity index (χ2v) is 3.02. The number of aryl methyl sites for hydroxylation is 1. The van der Waals surface area contributed by atoms with E-state index in [9.17, 15) is 4.79 Å². The zero-order valence-corrected chi connectivity index (χ0v) is 7.69. The number of benzene rings is 1. The topological polar surface area (TPSA) is 58.6 Å². The van der Waals surface area contributed by atoms with Crippen molar-refractivity contribution in [3.05, 3.63) is 46.6 Å². The lowest BCUT2D eigenvalue weighted by Crippen LogP contribution is -2.11. The van der Waals surface area contributed by atoms with Gasteiger partial charge in [0, 0.05) is 5.56 Å². The zero-order valence-electron chi connectivity index (χ0n) is 7.69. The van der Waals surface area contributed by atoms with E-state index in [1.54, 1.807) is 0 Å². The van der Waals surface area contributed by atoms with Crippen LogP contribution in [0.3, 0.4) is 0 Å². The molecule has 1 heterocycles. The Hall–Kier alpha value is -1.97. The van der Waals surface area contributed by atoms with Gasteiger partial charge in [-0.25, -0.2) is 9.78 Å². The van der Waals surface area contributed by atoms with Crippen LogP contribution in [0.15, 0.2) is 35.4 Å². The van der Waals surface area contributed by atoms with Crippen LogP contribution in [-0.4, -0.2) is 15.0 Å². The molecule has 0 saturated heterocycles. The molecule has 0 unspecified atom stereocenters. The molecule has 14 heavy (non-hydrogen) atoms. The fourth-order valence-corrected chi connectivity index (χ4v) is 1.24. The molecule has 1 N–H and O–H groups in total. The fraction of sp³-hybridized carbons (Fsp3) is 0.100. The smallest absolute Gasteiger partial charge is 0.290 e. The van der Waals surface area contributed by atoms with Gasteiger partial charge in [-0.15, -0.1) is 0 Å². The first-order chi connectivity index (χ1) is 6.75. The summed E-state index contributed by atoms with van der Waals surface area (Å²) in [6, 6.07) is 7.76. The fourth-order valence-electron chi connectivity index (χ4n) is 1.24. The summed E-state index contributed by atoms with van der Waals surface area (Å²) in [6.45, 7) is 1.99. The van der Waals surface area contributed by atoms with Gasteiger partial charge in [-0.3, -0.25) is 4.98 Å². The monoisotopic (exact) mass is 187 g/mol. The van der Waals surface area contributed by atoms with Crippen LogP contribution in [0.25, 0.3) is 11.4 Å². The van der Waals surface area contributed by atoms with E-state index in [-0.39, 0.29) is 5.69 Å². The van der Waals surface area contributed by atoms with Crippen molar-refractivity contribution in [3.8, 4) is 11.4 Å². The molecule has 0 aliphatic carbocycles. The van der Waals surface area contributed by atoms with Crippen molar-refractivity contribution in [3.63, 3.8) is 0 Å². The highest BCUT2D eigenvalue weighted by Gasteiger charge is 1.99. The largest absolute Gasteiger partial charge is 0.348 e. The summed E-state index contributed by atoms with van der Waals surface area (Å²) in [4.78, 5) is 21.0. The summed E-state index contributed by atoms with van der Waals surface area (Å²) < 4.78 is 0. The zero-order chi connectivity index (χ0) is 9.97. The van der Waals surface area contributed by atoms with Crippen LogP contribution in [-0.2, 0) is 0 Å². The van der Waals surface area contributed by atoms with E-state index in [4.69, 9.17) is 0 Å². The van der Waals surface area contributed by atoms with Crippen LogP contribution in [0.1, 0.15) is 5.56 Å². The number of aromatic amines is 1. The number of hydrogen-bond donors (Lipinski definition) is 1. The van der Waals surface area contributed by atoms with E-state index >= 15 is 0 Å². The Bertz CT molecular complexity index is 504. The molecule has 0 bridgehead atoms. The highest BCUT2D eigenvalue weighted by molar-refractivity contribution is 5.55. The van der Waals surface area contributed by atoms with Crippen molar-refractivity contribution in [2.75, 3.05) is 0 Å². The number of rotatable bonds is 1. The molecule has 0 atom stereocenters. The Labute approximate surface area is 80.7 Å². The lowest BCUT2D eigenvalue weighted by Gasteiger charge is -1.99. The number of H-pyrrole nitrogens is 1. The van der Waals surface area contributed by atoms with Gasteiger partial charge in [0.15, 0.2) is 0 Å². The third kappa shape index (κ3) is 1.69. The van der Waals surface area contributed by atoms with Gasteiger partial charge < -0.3 is 0 Å². The number of aromatic nitrogens is 3. The molecule has 0 spiro atoms. The van der Waals surface area contributed by atoms with Crippen molar-refractivity contribution < 1.29 is 0 Å². The van der Waals surface area contributed by atoms with Gasteiger partial charge in [0.25, 0.3) is 0 Å². The molecule has 0 fully saturated rings. The summed E-state index contributed by atoms with van der Waals surface area (Å²) in [7, 11) is 0. The van der Waals surface area contributed by atoms with Crippen LogP contribution in [0, 0.1) is 6.92 Å². The normalized spacial score (nSPS) is 10.1. The van der Waals surface area contributed by atoms with Gasteiger partial charge in [-0.05, 0) is 13.0 Å². The maximum Gasteiger partial charge on any atom is 0.348 e. The second kappa shape index (κ2) is 3.41. The van der Waals surface area contributed by atoms with E-state index < -0.39 is 0 Å². The molecule has 4 nitrogen and oxygen atoms in total. The van der Waals surface area contributed by atoms with Gasteiger partial charge >= 0.3 is 5.69 Å². The van der Waals surface area contributed by atoms with Gasteiger partial charge in [0.1, 0.15) is 12.2 Å². The van der Waals surface area contributed by atoms with Crippen molar-refractivity contribution in [1.82, 2.24) is 15.0 Å². The summed E-state index contributed by atoms with van der Waals surface area (Å²) >= 11 is 0. The molecule has 2 aromatic rings. The van der Waals surface area contributed by atoms with E-state index in [1.165, 1.54) is 6.33 Å². The maximum absolute atomic E-state index is 10.9. The molecule has 0 aliphatic heterocycles. The van der Waals surface area contributed by atoms with Gasteiger partial charge in [-0.2, -0.15) is 4.98 Å². The molecule has 0 radical (unpaired) electrons. The number of nitrogens with zero attached hydrogens (tertiary/aromatic N) is 2.